The van der Waals surface area contributed by atoms with Crippen molar-refractivity contribution >= 4 is 17.6 Å². The number of hydrogen-bond donors (Lipinski definition) is 1. The van der Waals surface area contributed by atoms with Crippen molar-refractivity contribution in [2.75, 3.05) is 7.11 Å². The number of nitrogens with zero attached hydrogens (tertiary/aromatic N) is 2. The van der Waals surface area contributed by atoms with Gasteiger partial charge in [0.05, 0.1) is 18.5 Å². The summed E-state index contributed by atoms with van der Waals surface area (Å²) in [4.78, 5) is 11.3. The van der Waals surface area contributed by atoms with Gasteiger partial charge in [0.1, 0.15) is 5.75 Å². The number of ether oxygens (including phenoxy) is 1. The largest absolute Gasteiger partial charge is 0.497 e. The molecule has 23 heavy (non-hydrogen) atoms. The molecule has 0 unspecified atom stereocenters. The maximum absolute atomic E-state index is 11.3. The first-order valence-corrected chi connectivity index (χ1v) is 7.20. The quantitative estimate of drug-likeness (QED) is 0.789. The highest BCUT2D eigenvalue weighted by Gasteiger charge is 2.16. The van der Waals surface area contributed by atoms with Gasteiger partial charge in [-0.15, -0.1) is 0 Å². The smallest absolute Gasteiger partial charge is 0.356 e. The average Bonchev–Trinajstić information content (AvgIpc) is 3.01. The minimum Gasteiger partial charge on any atom is -0.497 e. The van der Waals surface area contributed by atoms with Gasteiger partial charge >= 0.3 is 5.97 Å². The van der Waals surface area contributed by atoms with Crippen molar-refractivity contribution in [2.45, 2.75) is 0 Å². The second-order valence-corrected chi connectivity index (χ2v) is 5.27. The lowest BCUT2D eigenvalue weighted by Crippen LogP contribution is -2.02. The molecule has 0 saturated carbocycles. The zero-order valence-electron chi connectivity index (χ0n) is 12.2. The Morgan fingerprint density at radius 1 is 1.13 bits per heavy atom. The van der Waals surface area contributed by atoms with Crippen molar-refractivity contribution in [1.29, 1.82) is 0 Å². The molecule has 0 amide bonds. The molecule has 0 spiro atoms. The van der Waals surface area contributed by atoms with Gasteiger partial charge in [-0.2, -0.15) is 5.10 Å². The highest BCUT2D eigenvalue weighted by Crippen LogP contribution is 2.26. The van der Waals surface area contributed by atoms with Gasteiger partial charge < -0.3 is 9.84 Å². The van der Waals surface area contributed by atoms with E-state index in [1.54, 1.807) is 36.1 Å². The number of carboxylic acid groups (broad SMARTS) is 1. The fraction of sp³-hybridized carbons (Fsp3) is 0.0588. The highest BCUT2D eigenvalue weighted by molar-refractivity contribution is 6.30. The molecule has 3 aromatic rings. The first-order valence-electron chi connectivity index (χ1n) is 6.82. The van der Waals surface area contributed by atoms with Gasteiger partial charge in [-0.05, 0) is 42.5 Å². The van der Waals surface area contributed by atoms with E-state index in [-0.39, 0.29) is 5.69 Å². The summed E-state index contributed by atoms with van der Waals surface area (Å²) in [5.41, 5.74) is 2.21. The van der Waals surface area contributed by atoms with Crippen molar-refractivity contribution < 1.29 is 14.6 Å². The van der Waals surface area contributed by atoms with Crippen LogP contribution in [-0.4, -0.2) is 28.0 Å². The lowest BCUT2D eigenvalue weighted by Gasteiger charge is -2.08. The minimum atomic E-state index is -1.08. The van der Waals surface area contributed by atoms with Crippen LogP contribution in [0, 0.1) is 0 Å². The molecule has 5 nitrogen and oxygen atoms in total. The lowest BCUT2D eigenvalue weighted by molar-refractivity contribution is 0.0690. The van der Waals surface area contributed by atoms with Gasteiger partial charge in [0.2, 0.25) is 0 Å². The molecule has 0 bridgehead atoms. The predicted molar refractivity (Wildman–Crippen MR) is 87.5 cm³/mol. The Morgan fingerprint density at radius 3 is 2.35 bits per heavy atom. The van der Waals surface area contributed by atoms with Gasteiger partial charge in [-0.25, -0.2) is 9.48 Å². The van der Waals surface area contributed by atoms with E-state index in [0.717, 1.165) is 11.3 Å². The molecule has 0 atom stereocenters. The Balaban J connectivity index is 2.13. The number of carbonyl (C=O) groups is 1. The van der Waals surface area contributed by atoms with Crippen LogP contribution in [0.1, 0.15) is 10.5 Å². The van der Waals surface area contributed by atoms with Crippen LogP contribution in [0.15, 0.2) is 54.6 Å². The molecule has 6 heteroatoms. The van der Waals surface area contributed by atoms with Crippen LogP contribution in [0.25, 0.3) is 16.9 Å². The molecule has 1 N–H and O–H groups in total. The number of aromatic nitrogens is 2. The zero-order valence-corrected chi connectivity index (χ0v) is 13.0. The van der Waals surface area contributed by atoms with E-state index in [9.17, 15) is 9.90 Å². The van der Waals surface area contributed by atoms with Gasteiger partial charge in [-0.1, -0.05) is 23.7 Å². The summed E-state index contributed by atoms with van der Waals surface area (Å²) in [6.07, 6.45) is 0. The van der Waals surface area contributed by atoms with Crippen LogP contribution >= 0.6 is 11.6 Å². The SMILES string of the molecule is COc1ccc(-n2nc(C(=O)O)cc2-c2ccc(Cl)cc2)cc1. The molecule has 0 aliphatic carbocycles. The molecule has 1 heterocycles. The van der Waals surface area contributed by atoms with Crippen LogP contribution in [0.2, 0.25) is 5.02 Å². The van der Waals surface area contributed by atoms with E-state index < -0.39 is 5.97 Å². The summed E-state index contributed by atoms with van der Waals surface area (Å²) in [6, 6.07) is 15.9. The van der Waals surface area contributed by atoms with Gasteiger partial charge in [0.25, 0.3) is 0 Å². The Morgan fingerprint density at radius 2 is 1.78 bits per heavy atom. The van der Waals surface area contributed by atoms with Crippen LogP contribution in [0.5, 0.6) is 5.75 Å². The maximum atomic E-state index is 11.3. The van der Waals surface area contributed by atoms with Crippen LogP contribution in [0.4, 0.5) is 0 Å². The number of halogens is 1. The Bertz CT molecular complexity index is 839. The second-order valence-electron chi connectivity index (χ2n) is 4.84. The molecule has 0 fully saturated rings. The Kier molecular flexibility index (Phi) is 4.04. The number of benzene rings is 2. The number of methoxy groups -OCH3 is 1. The first-order chi connectivity index (χ1) is 11.1. The van der Waals surface area contributed by atoms with Crippen LogP contribution in [-0.2, 0) is 0 Å². The van der Waals surface area contributed by atoms with Crippen molar-refractivity contribution in [3.8, 4) is 22.7 Å². The van der Waals surface area contributed by atoms with E-state index in [1.807, 2.05) is 24.3 Å². The number of aromatic carboxylic acids is 1. The number of carboxylic acids is 1. The molecule has 0 aliphatic rings. The fourth-order valence-corrected chi connectivity index (χ4v) is 2.36. The number of hydrogen-bond acceptors (Lipinski definition) is 3. The fourth-order valence-electron chi connectivity index (χ4n) is 2.23. The molecular formula is C17H13ClN2O3. The standard InChI is InChI=1S/C17H13ClN2O3/c1-23-14-8-6-13(7-9-14)20-16(10-15(19-20)17(21)22)11-2-4-12(18)5-3-11/h2-10H,1H3,(H,21,22). The third-order valence-corrected chi connectivity index (χ3v) is 3.64. The van der Waals surface area contributed by atoms with Crippen molar-refractivity contribution in [2.24, 2.45) is 0 Å². The third kappa shape index (κ3) is 3.05. The minimum absolute atomic E-state index is 0.0224. The number of rotatable bonds is 4. The molecule has 0 radical (unpaired) electrons. The zero-order chi connectivity index (χ0) is 16.4. The Labute approximate surface area is 137 Å². The molecular weight excluding hydrogens is 316 g/mol. The first kappa shape index (κ1) is 15.1. The van der Waals surface area contributed by atoms with Crippen LogP contribution in [0.3, 0.4) is 0 Å². The maximum Gasteiger partial charge on any atom is 0.356 e. The second kappa shape index (κ2) is 6.14. The summed E-state index contributed by atoms with van der Waals surface area (Å²) in [6.45, 7) is 0. The molecule has 0 saturated heterocycles. The summed E-state index contributed by atoms with van der Waals surface area (Å²) in [7, 11) is 1.59. The van der Waals surface area contributed by atoms with E-state index in [0.29, 0.717) is 16.5 Å². The van der Waals surface area contributed by atoms with Crippen molar-refractivity contribution in [1.82, 2.24) is 9.78 Å². The summed E-state index contributed by atoms with van der Waals surface area (Å²) >= 11 is 5.91. The van der Waals surface area contributed by atoms with E-state index in [2.05, 4.69) is 5.10 Å². The topological polar surface area (TPSA) is 64.4 Å². The van der Waals surface area contributed by atoms with Gasteiger partial charge in [0, 0.05) is 10.6 Å². The predicted octanol–water partition coefficient (Wildman–Crippen LogP) is 3.90. The Hall–Kier alpha value is -2.79. The van der Waals surface area contributed by atoms with Crippen LogP contribution < -0.4 is 4.74 Å². The molecule has 1 aromatic heterocycles. The van der Waals surface area contributed by atoms with E-state index in [4.69, 9.17) is 16.3 Å². The van der Waals surface area contributed by atoms with E-state index in [1.165, 1.54) is 6.07 Å². The molecule has 0 aliphatic heterocycles. The van der Waals surface area contributed by atoms with Gasteiger partial charge in [0.15, 0.2) is 5.69 Å². The average molecular weight is 329 g/mol. The lowest BCUT2D eigenvalue weighted by atomic mass is 10.1. The summed E-state index contributed by atoms with van der Waals surface area (Å²) in [5.74, 6) is -0.361. The monoisotopic (exact) mass is 328 g/mol. The van der Waals surface area contributed by atoms with Crippen molar-refractivity contribution in [3.05, 3.63) is 65.3 Å². The highest BCUT2D eigenvalue weighted by atomic mass is 35.5. The normalized spacial score (nSPS) is 10.5. The molecule has 3 rings (SSSR count). The summed E-state index contributed by atoms with van der Waals surface area (Å²) in [5, 5.41) is 14.0. The third-order valence-electron chi connectivity index (χ3n) is 3.39. The molecule has 116 valence electrons. The van der Waals surface area contributed by atoms with E-state index >= 15 is 0 Å². The van der Waals surface area contributed by atoms with Gasteiger partial charge in [-0.3, -0.25) is 0 Å². The molecule has 2 aromatic carbocycles. The van der Waals surface area contributed by atoms with Crippen molar-refractivity contribution in [3.63, 3.8) is 0 Å². The summed E-state index contributed by atoms with van der Waals surface area (Å²) < 4.78 is 6.73.